The van der Waals surface area contributed by atoms with Crippen molar-refractivity contribution in [3.8, 4) is 33.5 Å². The quantitative estimate of drug-likeness (QED) is 0.382. The Labute approximate surface area is 197 Å². The van der Waals surface area contributed by atoms with E-state index in [1.165, 1.54) is 17.0 Å². The van der Waals surface area contributed by atoms with Crippen LogP contribution in [-0.4, -0.2) is 42.3 Å². The topological polar surface area (TPSA) is 89.9 Å². The molecule has 4 heterocycles. The minimum Gasteiger partial charge on any atom is -0.330 e. The van der Waals surface area contributed by atoms with Crippen molar-refractivity contribution in [2.45, 2.75) is 13.1 Å². The van der Waals surface area contributed by atoms with E-state index in [0.29, 0.717) is 48.2 Å². The second-order valence-electron chi connectivity index (χ2n) is 7.80. The van der Waals surface area contributed by atoms with Crippen LogP contribution in [0.3, 0.4) is 0 Å². The van der Waals surface area contributed by atoms with Gasteiger partial charge in [0, 0.05) is 29.1 Å². The van der Waals surface area contributed by atoms with Crippen LogP contribution in [0.4, 0.5) is 4.39 Å². The molecule has 5 aromatic rings. The lowest BCUT2D eigenvalue weighted by Gasteiger charge is -2.27. The molecule has 6 rings (SSSR count). The molecule has 1 aliphatic heterocycles. The predicted molar refractivity (Wildman–Crippen MR) is 123 cm³/mol. The molecule has 0 saturated carbocycles. The highest BCUT2D eigenvalue weighted by molar-refractivity contribution is 7.13. The van der Waals surface area contributed by atoms with Crippen molar-refractivity contribution in [2.75, 3.05) is 6.54 Å². The van der Waals surface area contributed by atoms with Gasteiger partial charge >= 0.3 is 0 Å². The molecule has 10 heteroatoms. The van der Waals surface area contributed by atoms with Gasteiger partial charge in [-0.05, 0) is 53.4 Å². The van der Waals surface area contributed by atoms with E-state index in [0.717, 1.165) is 5.56 Å². The van der Waals surface area contributed by atoms with Crippen LogP contribution in [0.5, 0.6) is 0 Å². The molecule has 0 saturated heterocycles. The summed E-state index contributed by atoms with van der Waals surface area (Å²) in [5, 5.41) is 14.5. The summed E-state index contributed by atoms with van der Waals surface area (Å²) < 4.78 is 20.4. The van der Waals surface area contributed by atoms with Gasteiger partial charge in [0.25, 0.3) is 11.8 Å². The van der Waals surface area contributed by atoms with Crippen molar-refractivity contribution < 1.29 is 13.7 Å². The molecule has 0 fully saturated rings. The van der Waals surface area contributed by atoms with E-state index in [1.54, 1.807) is 28.4 Å². The number of thiophene rings is 1. The number of nitrogens with zero attached hydrogens (tertiary/aromatic N) is 6. The summed E-state index contributed by atoms with van der Waals surface area (Å²) in [4.78, 5) is 20.4. The number of fused-ring (bicyclic) bond motifs is 1. The number of hydrogen-bond acceptors (Lipinski definition) is 7. The van der Waals surface area contributed by atoms with Gasteiger partial charge in [-0.2, -0.15) is 4.98 Å². The Bertz CT molecular complexity index is 1460. The first-order valence-electron chi connectivity index (χ1n) is 10.6. The number of halogens is 1. The molecule has 1 aliphatic rings. The maximum Gasteiger partial charge on any atom is 0.296 e. The number of rotatable bonds is 4. The highest BCUT2D eigenvalue weighted by atomic mass is 32.1. The maximum atomic E-state index is 13.2. The molecular weight excluding hydrogens is 455 g/mol. The van der Waals surface area contributed by atoms with Gasteiger partial charge in [0.2, 0.25) is 11.6 Å². The lowest BCUT2D eigenvalue weighted by Crippen LogP contribution is -2.38. The fraction of sp³-hybridized carbons (Fsp3) is 0.125. The van der Waals surface area contributed by atoms with Crippen LogP contribution in [-0.2, 0) is 13.1 Å². The molecule has 3 aromatic heterocycles. The monoisotopic (exact) mass is 472 g/mol. The Kier molecular flexibility index (Phi) is 4.99. The summed E-state index contributed by atoms with van der Waals surface area (Å²) >= 11 is 1.67. The number of aromatic nitrogens is 5. The van der Waals surface area contributed by atoms with Crippen LogP contribution in [0.1, 0.15) is 16.2 Å². The second kappa shape index (κ2) is 8.31. The van der Waals surface area contributed by atoms with E-state index in [1.807, 2.05) is 40.3 Å². The Morgan fingerprint density at radius 3 is 2.53 bits per heavy atom. The van der Waals surface area contributed by atoms with Gasteiger partial charge in [-0.15, -0.1) is 21.5 Å². The number of carbonyl (C=O) groups excluding carboxylic acids is 1. The Morgan fingerprint density at radius 1 is 0.971 bits per heavy atom. The smallest absolute Gasteiger partial charge is 0.296 e. The molecule has 0 N–H and O–H groups in total. The van der Waals surface area contributed by atoms with Crippen LogP contribution in [0.25, 0.3) is 33.5 Å². The second-order valence-corrected chi connectivity index (χ2v) is 8.75. The predicted octanol–water partition coefficient (Wildman–Crippen LogP) is 4.52. The molecule has 34 heavy (non-hydrogen) atoms. The summed E-state index contributed by atoms with van der Waals surface area (Å²) in [5.74, 6) is 1.27. The van der Waals surface area contributed by atoms with Crippen LogP contribution in [0.2, 0.25) is 0 Å². The SMILES string of the molecule is O=C(c1ccc(-c2cccs2)cc1)N1CCn2c(nnc2-c2nc(-c3ccc(F)cc3)no2)C1. The Morgan fingerprint density at radius 2 is 1.76 bits per heavy atom. The van der Waals surface area contributed by atoms with Crippen molar-refractivity contribution >= 4 is 17.2 Å². The number of amides is 1. The van der Waals surface area contributed by atoms with E-state index >= 15 is 0 Å². The summed E-state index contributed by atoms with van der Waals surface area (Å²) in [6.45, 7) is 1.34. The average Bonchev–Trinajstić information content (AvgIpc) is 3.64. The molecule has 0 spiro atoms. The van der Waals surface area contributed by atoms with Gasteiger partial charge in [0.15, 0.2) is 5.82 Å². The minimum absolute atomic E-state index is 0.0510. The van der Waals surface area contributed by atoms with Gasteiger partial charge in [0.05, 0.1) is 6.54 Å². The third-order valence-corrected chi connectivity index (χ3v) is 6.62. The molecule has 0 bridgehead atoms. The van der Waals surface area contributed by atoms with Gasteiger partial charge in [-0.3, -0.25) is 4.79 Å². The Hall–Kier alpha value is -4.18. The molecule has 0 unspecified atom stereocenters. The number of carbonyl (C=O) groups is 1. The first-order valence-corrected chi connectivity index (χ1v) is 11.5. The summed E-state index contributed by atoms with van der Waals surface area (Å²) in [6, 6.07) is 17.6. The molecule has 8 nitrogen and oxygen atoms in total. The first-order chi connectivity index (χ1) is 16.7. The van der Waals surface area contributed by atoms with E-state index in [2.05, 4.69) is 26.4 Å². The van der Waals surface area contributed by atoms with Gasteiger partial charge in [0.1, 0.15) is 5.82 Å². The average molecular weight is 473 g/mol. The zero-order valence-corrected chi connectivity index (χ0v) is 18.6. The van der Waals surface area contributed by atoms with Crippen molar-refractivity contribution in [3.63, 3.8) is 0 Å². The van der Waals surface area contributed by atoms with Crippen molar-refractivity contribution in [1.29, 1.82) is 0 Å². The van der Waals surface area contributed by atoms with Gasteiger partial charge in [-0.1, -0.05) is 23.4 Å². The van der Waals surface area contributed by atoms with E-state index in [9.17, 15) is 9.18 Å². The van der Waals surface area contributed by atoms with Crippen LogP contribution >= 0.6 is 11.3 Å². The summed E-state index contributed by atoms with van der Waals surface area (Å²) in [6.07, 6.45) is 0. The van der Waals surface area contributed by atoms with Crippen molar-refractivity contribution in [1.82, 2.24) is 29.8 Å². The van der Waals surface area contributed by atoms with Gasteiger partial charge in [-0.25, -0.2) is 4.39 Å². The van der Waals surface area contributed by atoms with E-state index in [4.69, 9.17) is 4.52 Å². The van der Waals surface area contributed by atoms with Crippen molar-refractivity contribution in [3.05, 3.63) is 83.2 Å². The van der Waals surface area contributed by atoms with E-state index in [-0.39, 0.29) is 17.6 Å². The fourth-order valence-corrected chi connectivity index (χ4v) is 4.66. The molecule has 2 aromatic carbocycles. The zero-order chi connectivity index (χ0) is 23.1. The molecular formula is C24H17FN6O2S. The van der Waals surface area contributed by atoms with E-state index < -0.39 is 0 Å². The minimum atomic E-state index is -0.337. The van der Waals surface area contributed by atoms with Crippen LogP contribution < -0.4 is 0 Å². The highest BCUT2D eigenvalue weighted by Gasteiger charge is 2.28. The Balaban J connectivity index is 1.19. The lowest BCUT2D eigenvalue weighted by molar-refractivity contribution is 0.0708. The fourth-order valence-electron chi connectivity index (χ4n) is 3.92. The third-order valence-electron chi connectivity index (χ3n) is 5.70. The van der Waals surface area contributed by atoms with Crippen LogP contribution in [0, 0.1) is 5.82 Å². The van der Waals surface area contributed by atoms with Gasteiger partial charge < -0.3 is 14.0 Å². The van der Waals surface area contributed by atoms with Crippen molar-refractivity contribution in [2.24, 2.45) is 0 Å². The third kappa shape index (κ3) is 3.67. The largest absolute Gasteiger partial charge is 0.330 e. The molecule has 1 amide bonds. The number of benzene rings is 2. The standard InChI is InChI=1S/C24H17FN6O2S/c25-18-9-7-16(8-10-18)21-26-23(33-29-21)22-28-27-20-14-30(11-12-31(20)22)24(32)17-5-3-15(4-6-17)19-2-1-13-34-19/h1-10,13H,11-12,14H2. The molecule has 0 atom stereocenters. The normalized spacial score (nSPS) is 13.1. The summed E-state index contributed by atoms with van der Waals surface area (Å²) in [7, 11) is 0. The number of hydrogen-bond donors (Lipinski definition) is 0. The lowest BCUT2D eigenvalue weighted by atomic mass is 10.1. The molecule has 0 radical (unpaired) electrons. The summed E-state index contributed by atoms with van der Waals surface area (Å²) in [5.41, 5.74) is 2.36. The highest BCUT2D eigenvalue weighted by Crippen LogP contribution is 2.27. The van der Waals surface area contributed by atoms with Crippen LogP contribution in [0.15, 0.2) is 70.6 Å². The maximum absolute atomic E-state index is 13.2. The molecule has 0 aliphatic carbocycles. The first kappa shape index (κ1) is 20.4. The molecule has 168 valence electrons. The zero-order valence-electron chi connectivity index (χ0n) is 17.8.